The second-order valence-corrected chi connectivity index (χ2v) is 4.60. The van der Waals surface area contributed by atoms with E-state index in [1.165, 1.54) is 0 Å². The summed E-state index contributed by atoms with van der Waals surface area (Å²) in [5.74, 6) is -0.0744. The zero-order valence-corrected chi connectivity index (χ0v) is 10.1. The average molecular weight is 242 g/mol. The highest BCUT2D eigenvalue weighted by molar-refractivity contribution is 5.35. The number of fused-ring (bicyclic) bond motifs is 1. The van der Waals surface area contributed by atoms with Crippen LogP contribution in [0.25, 0.3) is 0 Å². The largest absolute Gasteiger partial charge is 0.304 e. The van der Waals surface area contributed by atoms with E-state index in [4.69, 9.17) is 0 Å². The first-order chi connectivity index (χ1) is 8.84. The van der Waals surface area contributed by atoms with Gasteiger partial charge in [0, 0.05) is 18.8 Å². The molecule has 92 valence electrons. The van der Waals surface area contributed by atoms with Crippen molar-refractivity contribution in [3.63, 3.8) is 0 Å². The Morgan fingerprint density at radius 1 is 1.22 bits per heavy atom. The van der Waals surface area contributed by atoms with E-state index in [2.05, 4.69) is 10.3 Å². The van der Waals surface area contributed by atoms with Crippen LogP contribution in [0.4, 0.5) is 4.39 Å². The molecule has 2 aromatic rings. The highest BCUT2D eigenvalue weighted by Crippen LogP contribution is 2.32. The lowest BCUT2D eigenvalue weighted by Gasteiger charge is -2.13. The molecule has 1 aromatic carbocycles. The maximum absolute atomic E-state index is 13.6. The molecule has 3 heteroatoms. The van der Waals surface area contributed by atoms with Crippen LogP contribution in [-0.4, -0.2) is 4.98 Å². The molecule has 3 rings (SSSR count). The number of pyridine rings is 1. The first kappa shape index (κ1) is 11.4. The van der Waals surface area contributed by atoms with Crippen molar-refractivity contribution in [2.24, 2.45) is 0 Å². The third-order valence-corrected chi connectivity index (χ3v) is 3.47. The van der Waals surface area contributed by atoms with Gasteiger partial charge in [-0.05, 0) is 42.2 Å². The fraction of sp³-hybridized carbons (Fsp3) is 0.267. The molecule has 0 fully saturated rings. The lowest BCUT2D eigenvalue weighted by atomic mass is 10.1. The van der Waals surface area contributed by atoms with Gasteiger partial charge in [-0.15, -0.1) is 0 Å². The van der Waals surface area contributed by atoms with E-state index >= 15 is 0 Å². The van der Waals surface area contributed by atoms with Gasteiger partial charge >= 0.3 is 0 Å². The summed E-state index contributed by atoms with van der Waals surface area (Å²) in [5.41, 5.74) is 2.99. The Bertz CT molecular complexity index is 539. The van der Waals surface area contributed by atoms with Gasteiger partial charge in [-0.3, -0.25) is 4.98 Å². The fourth-order valence-corrected chi connectivity index (χ4v) is 2.55. The molecule has 1 aliphatic rings. The van der Waals surface area contributed by atoms with Crippen molar-refractivity contribution in [1.82, 2.24) is 10.3 Å². The minimum absolute atomic E-state index is 0.0744. The van der Waals surface area contributed by atoms with Gasteiger partial charge in [0.1, 0.15) is 5.82 Å². The second-order valence-electron chi connectivity index (χ2n) is 4.60. The van der Waals surface area contributed by atoms with Crippen LogP contribution in [0.2, 0.25) is 0 Å². The van der Waals surface area contributed by atoms with E-state index in [1.54, 1.807) is 18.3 Å². The maximum Gasteiger partial charge on any atom is 0.126 e. The number of nitrogens with zero attached hydrogens (tertiary/aromatic N) is 1. The van der Waals surface area contributed by atoms with Crippen molar-refractivity contribution in [2.45, 2.75) is 25.4 Å². The van der Waals surface area contributed by atoms with Gasteiger partial charge in [0.2, 0.25) is 0 Å². The van der Waals surface area contributed by atoms with Gasteiger partial charge in [0.25, 0.3) is 0 Å². The minimum Gasteiger partial charge on any atom is -0.304 e. The molecule has 0 saturated heterocycles. The summed E-state index contributed by atoms with van der Waals surface area (Å²) in [4.78, 5) is 4.28. The number of hydrogen-bond acceptors (Lipinski definition) is 2. The van der Waals surface area contributed by atoms with Crippen LogP contribution < -0.4 is 5.32 Å². The minimum atomic E-state index is -0.0744. The van der Waals surface area contributed by atoms with E-state index in [-0.39, 0.29) is 11.9 Å². The predicted octanol–water partition coefficient (Wildman–Crippen LogP) is 3.00. The molecule has 0 spiro atoms. The van der Waals surface area contributed by atoms with Crippen molar-refractivity contribution in [3.05, 3.63) is 65.2 Å². The van der Waals surface area contributed by atoms with Gasteiger partial charge in [0.15, 0.2) is 0 Å². The normalized spacial score (nSPS) is 17.7. The van der Waals surface area contributed by atoms with Gasteiger partial charge in [-0.2, -0.15) is 0 Å². The Balaban J connectivity index is 1.72. The summed E-state index contributed by atoms with van der Waals surface area (Å²) in [6.45, 7) is 0.724. The second kappa shape index (κ2) is 4.86. The summed E-state index contributed by atoms with van der Waals surface area (Å²) in [6.07, 6.45) is 3.57. The molecule has 0 saturated carbocycles. The van der Waals surface area contributed by atoms with Crippen molar-refractivity contribution in [1.29, 1.82) is 0 Å². The Kier molecular flexibility index (Phi) is 3.07. The van der Waals surface area contributed by atoms with Crippen LogP contribution in [-0.2, 0) is 13.0 Å². The predicted molar refractivity (Wildman–Crippen MR) is 68.5 cm³/mol. The molecule has 1 N–H and O–H groups in total. The Hall–Kier alpha value is -1.74. The molecule has 1 aromatic heterocycles. The maximum atomic E-state index is 13.6. The Labute approximate surface area is 106 Å². The summed E-state index contributed by atoms with van der Waals surface area (Å²) in [5, 5.41) is 3.45. The topological polar surface area (TPSA) is 24.9 Å². The van der Waals surface area contributed by atoms with Crippen LogP contribution in [0, 0.1) is 5.82 Å². The van der Waals surface area contributed by atoms with Crippen LogP contribution in [0.3, 0.4) is 0 Å². The van der Waals surface area contributed by atoms with Gasteiger partial charge in [0.05, 0.1) is 5.69 Å². The van der Waals surface area contributed by atoms with Crippen LogP contribution in [0.15, 0.2) is 42.6 Å². The van der Waals surface area contributed by atoms with E-state index in [0.717, 1.165) is 36.2 Å². The monoisotopic (exact) mass is 242 g/mol. The first-order valence-corrected chi connectivity index (χ1v) is 6.25. The molecule has 1 heterocycles. The Morgan fingerprint density at radius 2 is 2.17 bits per heavy atom. The van der Waals surface area contributed by atoms with Crippen molar-refractivity contribution in [3.8, 4) is 0 Å². The van der Waals surface area contributed by atoms with Crippen LogP contribution in [0.1, 0.15) is 29.3 Å². The molecular formula is C15H15FN2. The van der Waals surface area contributed by atoms with Crippen molar-refractivity contribution < 1.29 is 4.39 Å². The molecule has 2 nitrogen and oxygen atoms in total. The molecule has 1 unspecified atom stereocenters. The first-order valence-electron chi connectivity index (χ1n) is 6.25. The Morgan fingerprint density at radius 3 is 3.00 bits per heavy atom. The van der Waals surface area contributed by atoms with Crippen molar-refractivity contribution >= 4 is 0 Å². The number of halogens is 1. The molecule has 18 heavy (non-hydrogen) atoms. The average Bonchev–Trinajstić information content (AvgIpc) is 2.82. The zero-order valence-electron chi connectivity index (χ0n) is 10.1. The van der Waals surface area contributed by atoms with Crippen molar-refractivity contribution in [2.75, 3.05) is 0 Å². The number of benzene rings is 1. The molecule has 0 radical (unpaired) electrons. The molecular weight excluding hydrogens is 227 g/mol. The van der Waals surface area contributed by atoms with Gasteiger partial charge in [-0.1, -0.05) is 18.2 Å². The lowest BCUT2D eigenvalue weighted by molar-refractivity contribution is 0.525. The summed E-state index contributed by atoms with van der Waals surface area (Å²) >= 11 is 0. The van der Waals surface area contributed by atoms with Crippen LogP contribution >= 0.6 is 0 Å². The van der Waals surface area contributed by atoms with Gasteiger partial charge in [-0.25, -0.2) is 4.39 Å². The summed E-state index contributed by atoms with van der Waals surface area (Å²) in [6, 6.07) is 11.5. The third-order valence-electron chi connectivity index (χ3n) is 3.47. The molecule has 1 aliphatic carbocycles. The standard InChI is InChI=1S/C15H15FN2/c16-14-6-3-5-13-12(14)7-8-15(13)18-10-11-4-1-2-9-17-11/h1-6,9,15,18H,7-8,10H2. The fourth-order valence-electron chi connectivity index (χ4n) is 2.55. The number of nitrogens with one attached hydrogen (secondary N) is 1. The highest BCUT2D eigenvalue weighted by Gasteiger charge is 2.24. The number of aromatic nitrogens is 1. The quantitative estimate of drug-likeness (QED) is 0.895. The summed E-state index contributed by atoms with van der Waals surface area (Å²) in [7, 11) is 0. The molecule has 1 atom stereocenters. The van der Waals surface area contributed by atoms with Crippen LogP contribution in [0.5, 0.6) is 0 Å². The smallest absolute Gasteiger partial charge is 0.126 e. The van der Waals surface area contributed by atoms with E-state index in [1.807, 2.05) is 24.3 Å². The number of hydrogen-bond donors (Lipinski definition) is 1. The van der Waals surface area contributed by atoms with E-state index < -0.39 is 0 Å². The molecule has 0 bridgehead atoms. The molecule has 0 aliphatic heterocycles. The summed E-state index contributed by atoms with van der Waals surface area (Å²) < 4.78 is 13.6. The number of rotatable bonds is 3. The SMILES string of the molecule is Fc1cccc2c1CCC2NCc1ccccn1. The third kappa shape index (κ3) is 2.14. The van der Waals surface area contributed by atoms with E-state index in [0.29, 0.717) is 0 Å². The van der Waals surface area contributed by atoms with E-state index in [9.17, 15) is 4.39 Å². The van der Waals surface area contributed by atoms with Gasteiger partial charge < -0.3 is 5.32 Å². The molecule has 0 amide bonds. The lowest BCUT2D eigenvalue weighted by Crippen LogP contribution is -2.19. The zero-order chi connectivity index (χ0) is 12.4. The highest BCUT2D eigenvalue weighted by atomic mass is 19.1.